The fraction of sp³-hybridized carbons (Fsp3) is 0.278. The van der Waals surface area contributed by atoms with Gasteiger partial charge in [0.15, 0.2) is 0 Å². The van der Waals surface area contributed by atoms with E-state index in [1.165, 1.54) is 34.6 Å². The van der Waals surface area contributed by atoms with Gasteiger partial charge in [-0.3, -0.25) is 4.90 Å². The molecule has 9 heteroatoms. The van der Waals surface area contributed by atoms with Gasteiger partial charge in [0, 0.05) is 32.7 Å². The first-order valence-corrected chi connectivity index (χ1v) is 10.4. The Hall–Kier alpha value is -1.69. The largest absolute Gasteiger partial charge is 0.296 e. The molecule has 0 aromatic heterocycles. The van der Waals surface area contributed by atoms with Crippen molar-refractivity contribution in [3.05, 3.63) is 63.4 Å². The molecule has 0 spiro atoms. The van der Waals surface area contributed by atoms with Crippen LogP contribution in [0, 0.1) is 17.1 Å². The summed E-state index contributed by atoms with van der Waals surface area (Å²) < 4.78 is 40.5. The van der Waals surface area contributed by atoms with Gasteiger partial charge < -0.3 is 0 Å². The lowest BCUT2D eigenvalue weighted by molar-refractivity contribution is 0.181. The Balaban J connectivity index is 1.71. The summed E-state index contributed by atoms with van der Waals surface area (Å²) >= 11 is 12.0. The van der Waals surface area contributed by atoms with Crippen LogP contribution in [0.4, 0.5) is 4.39 Å². The molecule has 0 N–H and O–H groups in total. The van der Waals surface area contributed by atoms with Crippen LogP contribution >= 0.6 is 23.2 Å². The van der Waals surface area contributed by atoms with Crippen molar-refractivity contribution in [2.75, 3.05) is 26.2 Å². The minimum Gasteiger partial charge on any atom is -0.296 e. The van der Waals surface area contributed by atoms with Crippen LogP contribution in [-0.4, -0.2) is 43.8 Å². The van der Waals surface area contributed by atoms with Gasteiger partial charge in [0.25, 0.3) is 0 Å². The molecule has 0 aliphatic carbocycles. The molecular formula is C18H16Cl2FN3O2S. The molecule has 5 nitrogen and oxygen atoms in total. The fourth-order valence-corrected chi connectivity index (χ4v) is 5.15. The SMILES string of the molecule is N#Cc1ccc(F)cc1CN1CCN(S(=O)(=O)c2cccc(Cl)c2Cl)CC1. The Morgan fingerprint density at radius 1 is 1.11 bits per heavy atom. The van der Waals surface area contributed by atoms with Crippen molar-refractivity contribution in [3.8, 4) is 6.07 Å². The van der Waals surface area contributed by atoms with Gasteiger partial charge >= 0.3 is 0 Å². The van der Waals surface area contributed by atoms with Gasteiger partial charge in [-0.1, -0.05) is 29.3 Å². The third-order valence-electron chi connectivity index (χ3n) is 4.45. The van der Waals surface area contributed by atoms with E-state index in [2.05, 4.69) is 6.07 Å². The minimum absolute atomic E-state index is 0.0120. The molecule has 0 amide bonds. The lowest BCUT2D eigenvalue weighted by atomic mass is 10.1. The van der Waals surface area contributed by atoms with Gasteiger partial charge in [0.05, 0.1) is 21.7 Å². The van der Waals surface area contributed by atoms with Gasteiger partial charge in [-0.05, 0) is 35.9 Å². The van der Waals surface area contributed by atoms with E-state index in [1.54, 1.807) is 6.07 Å². The van der Waals surface area contributed by atoms with Crippen molar-refractivity contribution >= 4 is 33.2 Å². The normalized spacial score (nSPS) is 16.2. The lowest BCUT2D eigenvalue weighted by Crippen LogP contribution is -2.48. The van der Waals surface area contributed by atoms with Crippen molar-refractivity contribution < 1.29 is 12.8 Å². The third kappa shape index (κ3) is 4.26. The Morgan fingerprint density at radius 2 is 1.81 bits per heavy atom. The lowest BCUT2D eigenvalue weighted by Gasteiger charge is -2.34. The summed E-state index contributed by atoms with van der Waals surface area (Å²) in [5.41, 5.74) is 1.00. The summed E-state index contributed by atoms with van der Waals surface area (Å²) in [5, 5.41) is 9.36. The number of nitrogens with zero attached hydrogens (tertiary/aromatic N) is 3. The molecule has 2 aromatic carbocycles. The molecule has 2 aromatic rings. The summed E-state index contributed by atoms with van der Waals surface area (Å²) in [6.45, 7) is 1.83. The second kappa shape index (κ2) is 8.13. The molecule has 142 valence electrons. The zero-order valence-electron chi connectivity index (χ0n) is 14.2. The Kier molecular flexibility index (Phi) is 6.04. The number of hydrogen-bond donors (Lipinski definition) is 0. The number of sulfonamides is 1. The molecule has 1 aliphatic heterocycles. The highest BCUT2D eigenvalue weighted by Gasteiger charge is 2.30. The van der Waals surface area contributed by atoms with Crippen LogP contribution < -0.4 is 0 Å². The highest BCUT2D eigenvalue weighted by atomic mass is 35.5. The summed E-state index contributed by atoms with van der Waals surface area (Å²) in [6, 6.07) is 10.6. The molecular weight excluding hydrogens is 412 g/mol. The number of rotatable bonds is 4. The van der Waals surface area contributed by atoms with Crippen molar-refractivity contribution in [1.82, 2.24) is 9.21 Å². The van der Waals surface area contributed by atoms with E-state index in [0.29, 0.717) is 30.8 Å². The molecule has 0 bridgehead atoms. The van der Waals surface area contributed by atoms with Crippen LogP contribution in [0.2, 0.25) is 10.0 Å². The number of nitriles is 1. The molecule has 1 fully saturated rings. The number of benzene rings is 2. The van der Waals surface area contributed by atoms with Gasteiger partial charge in [0.1, 0.15) is 10.7 Å². The van der Waals surface area contributed by atoms with E-state index >= 15 is 0 Å². The smallest absolute Gasteiger partial charge is 0.244 e. The van der Waals surface area contributed by atoms with E-state index in [4.69, 9.17) is 28.5 Å². The Labute approximate surface area is 167 Å². The topological polar surface area (TPSA) is 64.4 Å². The van der Waals surface area contributed by atoms with Crippen LogP contribution in [0.3, 0.4) is 0 Å². The summed E-state index contributed by atoms with van der Waals surface area (Å²) in [6.07, 6.45) is 0. The first-order valence-electron chi connectivity index (χ1n) is 8.18. The predicted octanol–water partition coefficient (Wildman–Crippen LogP) is 3.51. The Bertz CT molecular complexity index is 1000. The standard InChI is InChI=1S/C18H16Cl2FN3O2S/c19-16-2-1-3-17(18(16)20)27(25,26)24-8-6-23(7-9-24)12-14-10-15(21)5-4-13(14)11-22/h1-5,10H,6-9,12H2. The maximum atomic E-state index is 13.5. The number of hydrogen-bond acceptors (Lipinski definition) is 4. The van der Waals surface area contributed by atoms with Crippen LogP contribution in [-0.2, 0) is 16.6 Å². The van der Waals surface area contributed by atoms with E-state index in [9.17, 15) is 12.8 Å². The average Bonchev–Trinajstić information content (AvgIpc) is 2.64. The van der Waals surface area contributed by atoms with Crippen molar-refractivity contribution in [2.45, 2.75) is 11.4 Å². The third-order valence-corrected chi connectivity index (χ3v) is 7.32. The van der Waals surface area contributed by atoms with Gasteiger partial charge in [-0.2, -0.15) is 9.57 Å². The molecule has 0 saturated carbocycles. The van der Waals surface area contributed by atoms with E-state index < -0.39 is 15.8 Å². The molecule has 0 radical (unpaired) electrons. The van der Waals surface area contributed by atoms with Crippen molar-refractivity contribution in [2.24, 2.45) is 0 Å². The fourth-order valence-electron chi connectivity index (χ4n) is 2.99. The Morgan fingerprint density at radius 3 is 2.48 bits per heavy atom. The van der Waals surface area contributed by atoms with Gasteiger partial charge in [0.2, 0.25) is 10.0 Å². The van der Waals surface area contributed by atoms with Crippen LogP contribution in [0.25, 0.3) is 0 Å². The van der Waals surface area contributed by atoms with Crippen LogP contribution in [0.1, 0.15) is 11.1 Å². The molecule has 0 unspecified atom stereocenters. The zero-order valence-corrected chi connectivity index (χ0v) is 16.5. The average molecular weight is 428 g/mol. The maximum absolute atomic E-state index is 13.5. The molecule has 27 heavy (non-hydrogen) atoms. The monoisotopic (exact) mass is 427 g/mol. The highest BCUT2D eigenvalue weighted by Crippen LogP contribution is 2.31. The van der Waals surface area contributed by atoms with Crippen LogP contribution in [0.5, 0.6) is 0 Å². The summed E-state index contributed by atoms with van der Waals surface area (Å²) in [5.74, 6) is -0.402. The first-order chi connectivity index (χ1) is 12.8. The predicted molar refractivity (Wildman–Crippen MR) is 102 cm³/mol. The number of halogens is 3. The number of piperazine rings is 1. The molecule has 1 saturated heterocycles. The molecule has 1 aliphatic rings. The van der Waals surface area contributed by atoms with Gasteiger partial charge in [-0.25, -0.2) is 12.8 Å². The van der Waals surface area contributed by atoms with E-state index in [0.717, 1.165) is 0 Å². The molecule has 1 heterocycles. The van der Waals surface area contributed by atoms with E-state index in [1.807, 2.05) is 4.90 Å². The zero-order chi connectivity index (χ0) is 19.6. The highest BCUT2D eigenvalue weighted by molar-refractivity contribution is 7.89. The first kappa shape index (κ1) is 20.1. The summed E-state index contributed by atoms with van der Waals surface area (Å²) in [4.78, 5) is 1.98. The molecule has 3 rings (SSSR count). The second-order valence-electron chi connectivity index (χ2n) is 6.15. The minimum atomic E-state index is -3.75. The summed E-state index contributed by atoms with van der Waals surface area (Å²) in [7, 11) is -3.75. The second-order valence-corrected chi connectivity index (χ2v) is 8.84. The van der Waals surface area contributed by atoms with E-state index in [-0.39, 0.29) is 28.0 Å². The quantitative estimate of drug-likeness (QED) is 0.748. The van der Waals surface area contributed by atoms with Crippen LogP contribution in [0.15, 0.2) is 41.3 Å². The van der Waals surface area contributed by atoms with Gasteiger partial charge in [-0.15, -0.1) is 0 Å². The van der Waals surface area contributed by atoms with Crippen molar-refractivity contribution in [3.63, 3.8) is 0 Å². The van der Waals surface area contributed by atoms with Crippen molar-refractivity contribution in [1.29, 1.82) is 5.26 Å². The maximum Gasteiger partial charge on any atom is 0.244 e. The molecule has 0 atom stereocenters.